The highest BCUT2D eigenvalue weighted by atomic mass is 16.5. The van der Waals surface area contributed by atoms with Crippen molar-refractivity contribution in [1.29, 1.82) is 0 Å². The van der Waals surface area contributed by atoms with Gasteiger partial charge >= 0.3 is 5.97 Å². The maximum absolute atomic E-state index is 13.5. The van der Waals surface area contributed by atoms with Crippen molar-refractivity contribution in [2.24, 2.45) is 12.0 Å². The fraction of sp³-hybridized carbons (Fsp3) is 0.308. The van der Waals surface area contributed by atoms with E-state index in [9.17, 15) is 4.79 Å². The number of benzene rings is 1. The highest BCUT2D eigenvalue weighted by Gasteiger charge is 2.43. The summed E-state index contributed by atoms with van der Waals surface area (Å²) >= 11 is 0. The number of aliphatic imine (C=N–C) groups is 1. The molecule has 3 aromatic rings. The van der Waals surface area contributed by atoms with Crippen LogP contribution in [0, 0.1) is 0 Å². The minimum Gasteiger partial charge on any atom is -0.463 e. The molecule has 2 N–H and O–H groups in total. The maximum atomic E-state index is 13.5. The number of carbonyl (C=O) groups excluding carboxylic acids is 1. The van der Waals surface area contributed by atoms with E-state index in [4.69, 9.17) is 14.5 Å². The van der Waals surface area contributed by atoms with Gasteiger partial charge in [0, 0.05) is 55.5 Å². The number of carbonyl (C=O) groups is 1. The van der Waals surface area contributed by atoms with Gasteiger partial charge in [-0.3, -0.25) is 9.67 Å². The van der Waals surface area contributed by atoms with Gasteiger partial charge in [-0.05, 0) is 37.3 Å². The van der Waals surface area contributed by atoms with Gasteiger partial charge in [-0.25, -0.2) is 9.79 Å². The number of pyridine rings is 1. The van der Waals surface area contributed by atoms with E-state index in [1.165, 1.54) is 0 Å². The molecule has 0 saturated carbocycles. The Morgan fingerprint density at radius 1 is 1.17 bits per heavy atom. The van der Waals surface area contributed by atoms with Crippen LogP contribution in [-0.2, 0) is 21.3 Å². The number of nitrogens with one attached hydrogen (secondary N) is 2. The van der Waals surface area contributed by atoms with Crippen molar-refractivity contribution in [3.8, 4) is 11.3 Å². The first-order chi connectivity index (χ1) is 17.6. The molecule has 10 nitrogen and oxygen atoms in total. The summed E-state index contributed by atoms with van der Waals surface area (Å²) in [5, 5.41) is 11.2. The van der Waals surface area contributed by atoms with Crippen molar-refractivity contribution >= 4 is 23.3 Å². The summed E-state index contributed by atoms with van der Waals surface area (Å²) < 4.78 is 12.8. The zero-order valence-electron chi connectivity index (χ0n) is 20.3. The first kappa shape index (κ1) is 23.6. The second kappa shape index (κ2) is 10.2. The number of anilines is 1. The highest BCUT2D eigenvalue weighted by Crippen LogP contribution is 2.30. The van der Waals surface area contributed by atoms with Crippen LogP contribution in [0.5, 0.6) is 0 Å². The van der Waals surface area contributed by atoms with E-state index in [1.54, 1.807) is 42.2 Å². The normalized spacial score (nSPS) is 19.7. The summed E-state index contributed by atoms with van der Waals surface area (Å²) in [5.41, 5.74) is 2.64. The molecule has 10 heteroatoms. The van der Waals surface area contributed by atoms with Crippen molar-refractivity contribution in [1.82, 2.24) is 25.0 Å². The SMILES string of the molecule is CCOC(=O)C1(Nc2ccncc2)C=C(c2cccc(-c3ccn(C)n3)c2)N=C(N2CCOCC2)N1. The quantitative estimate of drug-likeness (QED) is 0.511. The van der Waals surface area contributed by atoms with Gasteiger partial charge in [0.1, 0.15) is 0 Å². The second-order valence-corrected chi connectivity index (χ2v) is 8.53. The van der Waals surface area contributed by atoms with Crippen molar-refractivity contribution in [2.75, 3.05) is 38.2 Å². The zero-order valence-corrected chi connectivity index (χ0v) is 20.3. The smallest absolute Gasteiger partial charge is 0.357 e. The molecule has 1 unspecified atom stereocenters. The van der Waals surface area contributed by atoms with E-state index in [-0.39, 0.29) is 6.61 Å². The molecule has 1 fully saturated rings. The van der Waals surface area contributed by atoms with Crippen LogP contribution in [0.15, 0.2) is 72.1 Å². The summed E-state index contributed by atoms with van der Waals surface area (Å²) in [6, 6.07) is 13.6. The van der Waals surface area contributed by atoms with Gasteiger partial charge in [0.15, 0.2) is 0 Å². The lowest BCUT2D eigenvalue weighted by Crippen LogP contribution is -2.64. The van der Waals surface area contributed by atoms with Crippen LogP contribution in [0.3, 0.4) is 0 Å². The number of guanidine groups is 1. The van der Waals surface area contributed by atoms with Crippen LogP contribution in [-0.4, -0.2) is 70.2 Å². The van der Waals surface area contributed by atoms with Crippen LogP contribution < -0.4 is 10.6 Å². The number of hydrogen-bond donors (Lipinski definition) is 2. The first-order valence-electron chi connectivity index (χ1n) is 11.9. The fourth-order valence-corrected chi connectivity index (χ4v) is 4.21. The Labute approximate surface area is 209 Å². The lowest BCUT2D eigenvalue weighted by atomic mass is 10.0. The maximum Gasteiger partial charge on any atom is 0.357 e. The van der Waals surface area contributed by atoms with Gasteiger partial charge in [-0.1, -0.05) is 18.2 Å². The molecule has 0 radical (unpaired) electrons. The average Bonchev–Trinajstić information content (AvgIpc) is 3.36. The van der Waals surface area contributed by atoms with Gasteiger partial charge in [-0.2, -0.15) is 5.10 Å². The van der Waals surface area contributed by atoms with Crippen LogP contribution in [0.4, 0.5) is 5.69 Å². The van der Waals surface area contributed by atoms with E-state index in [1.807, 2.05) is 43.6 Å². The second-order valence-electron chi connectivity index (χ2n) is 8.53. The van der Waals surface area contributed by atoms with Crippen LogP contribution in [0.25, 0.3) is 17.0 Å². The number of esters is 1. The lowest BCUT2D eigenvalue weighted by molar-refractivity contribution is -0.147. The Balaban J connectivity index is 1.61. The molecule has 0 bridgehead atoms. The Morgan fingerprint density at radius 3 is 2.67 bits per heavy atom. The van der Waals surface area contributed by atoms with Crippen LogP contribution in [0.2, 0.25) is 0 Å². The van der Waals surface area contributed by atoms with Gasteiger partial charge < -0.3 is 25.0 Å². The van der Waals surface area contributed by atoms with E-state index < -0.39 is 11.6 Å². The number of hydrogen-bond acceptors (Lipinski definition) is 9. The third-order valence-corrected chi connectivity index (χ3v) is 5.99. The molecule has 5 rings (SSSR count). The molecule has 1 atom stereocenters. The monoisotopic (exact) mass is 487 g/mol. The third kappa shape index (κ3) is 4.94. The molecule has 2 aromatic heterocycles. The number of aryl methyl sites for hydroxylation is 1. The number of ether oxygens (including phenoxy) is 2. The van der Waals surface area contributed by atoms with Gasteiger partial charge in [0.2, 0.25) is 11.6 Å². The summed E-state index contributed by atoms with van der Waals surface area (Å²) in [6.45, 7) is 4.50. The predicted molar refractivity (Wildman–Crippen MR) is 137 cm³/mol. The molecular formula is C26H29N7O3. The summed E-state index contributed by atoms with van der Waals surface area (Å²) in [7, 11) is 1.89. The average molecular weight is 488 g/mol. The molecule has 0 aliphatic carbocycles. The summed E-state index contributed by atoms with van der Waals surface area (Å²) in [6.07, 6.45) is 7.03. The number of morpholine rings is 1. The fourth-order valence-electron chi connectivity index (χ4n) is 4.21. The van der Waals surface area contributed by atoms with E-state index in [0.717, 1.165) is 16.8 Å². The van der Waals surface area contributed by atoms with Crippen molar-refractivity contribution < 1.29 is 14.3 Å². The van der Waals surface area contributed by atoms with Gasteiger partial charge in [-0.15, -0.1) is 0 Å². The molecule has 0 amide bonds. The number of aromatic nitrogens is 3. The van der Waals surface area contributed by atoms with Crippen LogP contribution >= 0.6 is 0 Å². The van der Waals surface area contributed by atoms with Crippen LogP contribution in [0.1, 0.15) is 12.5 Å². The van der Waals surface area contributed by atoms with E-state index in [2.05, 4.69) is 25.6 Å². The van der Waals surface area contributed by atoms with Crippen molar-refractivity contribution in [2.45, 2.75) is 12.6 Å². The zero-order chi connectivity index (χ0) is 25.0. The highest BCUT2D eigenvalue weighted by molar-refractivity contribution is 6.00. The first-order valence-corrected chi connectivity index (χ1v) is 11.9. The number of rotatable bonds is 6. The molecule has 186 valence electrons. The predicted octanol–water partition coefficient (Wildman–Crippen LogP) is 2.49. The lowest BCUT2D eigenvalue weighted by Gasteiger charge is -2.40. The molecule has 4 heterocycles. The summed E-state index contributed by atoms with van der Waals surface area (Å²) in [4.78, 5) is 24.6. The van der Waals surface area contributed by atoms with Gasteiger partial charge in [0.05, 0.1) is 31.2 Å². The Hall–Kier alpha value is -4.18. The minimum atomic E-state index is -1.39. The molecule has 36 heavy (non-hydrogen) atoms. The Morgan fingerprint density at radius 2 is 1.94 bits per heavy atom. The minimum absolute atomic E-state index is 0.239. The standard InChI is InChI=1S/C26H29N7O3/c1-3-36-24(34)26(29-21-7-10-27-11-8-21)18-23(28-25(30-26)33-13-15-35-16-14-33)20-6-4-5-19(17-20)22-9-12-32(2)31-22/h4-12,17-18H,3,13-16H2,1-2H3,(H,27,29)(H,28,30). The molecule has 1 saturated heterocycles. The molecule has 2 aliphatic rings. The Bertz CT molecular complexity index is 1280. The molecule has 0 spiro atoms. The van der Waals surface area contributed by atoms with Crippen molar-refractivity contribution in [3.05, 3.63) is 72.7 Å². The molecular weight excluding hydrogens is 458 g/mol. The molecule has 1 aromatic carbocycles. The topological polar surface area (TPSA) is 106 Å². The van der Waals surface area contributed by atoms with Gasteiger partial charge in [0.25, 0.3) is 0 Å². The molecule has 2 aliphatic heterocycles. The van der Waals surface area contributed by atoms with Crippen molar-refractivity contribution in [3.63, 3.8) is 0 Å². The number of nitrogens with zero attached hydrogens (tertiary/aromatic N) is 5. The third-order valence-electron chi connectivity index (χ3n) is 5.99. The van der Waals surface area contributed by atoms with E-state index >= 15 is 0 Å². The largest absolute Gasteiger partial charge is 0.463 e. The Kier molecular flexibility index (Phi) is 6.68. The van der Waals surface area contributed by atoms with E-state index in [0.29, 0.717) is 43.6 Å². The summed E-state index contributed by atoms with van der Waals surface area (Å²) in [5.74, 6) is 0.120.